The number of para-hydroxylation sites is 1. The summed E-state index contributed by atoms with van der Waals surface area (Å²) in [6.45, 7) is 12.0. The third kappa shape index (κ3) is 5.33. The van der Waals surface area contributed by atoms with Crippen molar-refractivity contribution in [3.05, 3.63) is 29.8 Å². The Morgan fingerprint density at radius 3 is 2.81 bits per heavy atom. The van der Waals surface area contributed by atoms with Crippen molar-refractivity contribution in [2.45, 2.75) is 39.7 Å². The molecule has 1 aliphatic rings. The smallest absolute Gasteiger partial charge is 0.122 e. The Labute approximate surface area is 129 Å². The van der Waals surface area contributed by atoms with E-state index in [0.29, 0.717) is 6.04 Å². The first-order valence-corrected chi connectivity index (χ1v) is 8.30. The summed E-state index contributed by atoms with van der Waals surface area (Å²) in [6.07, 6.45) is 2.67. The Morgan fingerprint density at radius 1 is 1.33 bits per heavy atom. The maximum absolute atomic E-state index is 5.95. The van der Waals surface area contributed by atoms with Crippen molar-refractivity contribution in [1.82, 2.24) is 10.2 Å². The lowest BCUT2D eigenvalue weighted by Gasteiger charge is -2.32. The summed E-state index contributed by atoms with van der Waals surface area (Å²) < 4.78 is 5.95. The van der Waals surface area contributed by atoms with E-state index in [4.69, 9.17) is 4.74 Å². The molecule has 1 heterocycles. The SMILES string of the molecule is Cc1ccccc1OCCN(CC1CCCNC1)C(C)C. The van der Waals surface area contributed by atoms with Crippen LogP contribution < -0.4 is 10.1 Å². The zero-order valence-corrected chi connectivity index (χ0v) is 13.8. The van der Waals surface area contributed by atoms with Crippen LogP contribution in [-0.4, -0.2) is 43.7 Å². The fourth-order valence-electron chi connectivity index (χ4n) is 2.96. The van der Waals surface area contributed by atoms with E-state index < -0.39 is 0 Å². The van der Waals surface area contributed by atoms with Crippen LogP contribution in [0.4, 0.5) is 0 Å². The second kappa shape index (κ2) is 8.40. The summed E-state index contributed by atoms with van der Waals surface area (Å²) in [5, 5.41) is 3.51. The Bertz CT molecular complexity index is 413. The van der Waals surface area contributed by atoms with Gasteiger partial charge in [0, 0.05) is 19.1 Å². The minimum absolute atomic E-state index is 0.576. The van der Waals surface area contributed by atoms with Crippen molar-refractivity contribution in [3.63, 3.8) is 0 Å². The maximum atomic E-state index is 5.95. The minimum Gasteiger partial charge on any atom is -0.492 e. The molecule has 1 aromatic carbocycles. The molecule has 0 spiro atoms. The molecule has 3 heteroatoms. The van der Waals surface area contributed by atoms with Crippen LogP contribution in [0.15, 0.2) is 24.3 Å². The standard InChI is InChI=1S/C18H30N2O/c1-15(2)20(14-17-8-6-10-19-13-17)11-12-21-18-9-5-4-7-16(18)3/h4-5,7,9,15,17,19H,6,8,10-14H2,1-3H3. The minimum atomic E-state index is 0.576. The van der Waals surface area contributed by atoms with Gasteiger partial charge in [0.2, 0.25) is 0 Å². The Morgan fingerprint density at radius 2 is 2.14 bits per heavy atom. The van der Waals surface area contributed by atoms with E-state index in [1.54, 1.807) is 0 Å². The number of rotatable bonds is 7. The molecule has 1 unspecified atom stereocenters. The quantitative estimate of drug-likeness (QED) is 0.835. The molecule has 1 fully saturated rings. The fourth-order valence-corrected chi connectivity index (χ4v) is 2.96. The van der Waals surface area contributed by atoms with Crippen molar-refractivity contribution < 1.29 is 4.74 Å². The van der Waals surface area contributed by atoms with Crippen LogP contribution in [-0.2, 0) is 0 Å². The highest BCUT2D eigenvalue weighted by Crippen LogP contribution is 2.17. The molecule has 1 N–H and O–H groups in total. The molecule has 1 saturated heterocycles. The number of aryl methyl sites for hydroxylation is 1. The predicted octanol–water partition coefficient (Wildman–Crippen LogP) is 3.08. The number of nitrogens with one attached hydrogen (secondary N) is 1. The first-order chi connectivity index (χ1) is 10.2. The van der Waals surface area contributed by atoms with Gasteiger partial charge >= 0.3 is 0 Å². The molecule has 3 nitrogen and oxygen atoms in total. The van der Waals surface area contributed by atoms with Crippen LogP contribution in [0.25, 0.3) is 0 Å². The van der Waals surface area contributed by atoms with Gasteiger partial charge in [-0.05, 0) is 64.3 Å². The molecule has 0 saturated carbocycles. The second-order valence-corrected chi connectivity index (χ2v) is 6.42. The number of piperidine rings is 1. The average molecular weight is 290 g/mol. The molecule has 0 aliphatic carbocycles. The summed E-state index contributed by atoms with van der Waals surface area (Å²) in [6, 6.07) is 8.82. The summed E-state index contributed by atoms with van der Waals surface area (Å²) in [4.78, 5) is 2.55. The molecular weight excluding hydrogens is 260 g/mol. The third-order valence-corrected chi connectivity index (χ3v) is 4.35. The molecule has 118 valence electrons. The van der Waals surface area contributed by atoms with Crippen LogP contribution in [0.1, 0.15) is 32.3 Å². The normalized spacial score (nSPS) is 19.2. The van der Waals surface area contributed by atoms with Gasteiger partial charge in [-0.15, -0.1) is 0 Å². The van der Waals surface area contributed by atoms with Crippen LogP contribution in [0.3, 0.4) is 0 Å². The van der Waals surface area contributed by atoms with Crippen LogP contribution in [0.2, 0.25) is 0 Å². The highest BCUT2D eigenvalue weighted by molar-refractivity contribution is 5.31. The van der Waals surface area contributed by atoms with Gasteiger partial charge in [0.25, 0.3) is 0 Å². The van der Waals surface area contributed by atoms with E-state index in [9.17, 15) is 0 Å². The van der Waals surface area contributed by atoms with E-state index in [0.717, 1.165) is 24.8 Å². The summed E-state index contributed by atoms with van der Waals surface area (Å²) >= 11 is 0. The van der Waals surface area contributed by atoms with Crippen molar-refractivity contribution >= 4 is 0 Å². The Hall–Kier alpha value is -1.06. The van der Waals surface area contributed by atoms with Gasteiger partial charge in [0.05, 0.1) is 0 Å². The largest absolute Gasteiger partial charge is 0.492 e. The lowest BCUT2D eigenvalue weighted by molar-refractivity contribution is 0.143. The molecule has 0 amide bonds. The van der Waals surface area contributed by atoms with E-state index >= 15 is 0 Å². The summed E-state index contributed by atoms with van der Waals surface area (Å²) in [5.41, 5.74) is 1.21. The molecular formula is C18H30N2O. The van der Waals surface area contributed by atoms with Crippen molar-refractivity contribution in [2.24, 2.45) is 5.92 Å². The highest BCUT2D eigenvalue weighted by atomic mass is 16.5. The van der Waals surface area contributed by atoms with E-state index in [2.05, 4.69) is 49.2 Å². The second-order valence-electron chi connectivity index (χ2n) is 6.42. The average Bonchev–Trinajstić information content (AvgIpc) is 2.49. The van der Waals surface area contributed by atoms with E-state index in [1.807, 2.05) is 6.07 Å². The van der Waals surface area contributed by atoms with Crippen molar-refractivity contribution in [2.75, 3.05) is 32.8 Å². The van der Waals surface area contributed by atoms with E-state index in [-0.39, 0.29) is 0 Å². The maximum Gasteiger partial charge on any atom is 0.122 e. The van der Waals surface area contributed by atoms with Gasteiger partial charge < -0.3 is 10.1 Å². The monoisotopic (exact) mass is 290 g/mol. The fraction of sp³-hybridized carbons (Fsp3) is 0.667. The summed E-state index contributed by atoms with van der Waals surface area (Å²) in [5.74, 6) is 1.81. The van der Waals surface area contributed by atoms with E-state index in [1.165, 1.54) is 38.0 Å². The topological polar surface area (TPSA) is 24.5 Å². The third-order valence-electron chi connectivity index (χ3n) is 4.35. The van der Waals surface area contributed by atoms with Gasteiger partial charge in [-0.1, -0.05) is 18.2 Å². The van der Waals surface area contributed by atoms with Crippen LogP contribution in [0, 0.1) is 12.8 Å². The zero-order chi connectivity index (χ0) is 15.1. The predicted molar refractivity (Wildman–Crippen MR) is 89.0 cm³/mol. The Kier molecular flexibility index (Phi) is 6.52. The first-order valence-electron chi connectivity index (χ1n) is 8.30. The molecule has 1 aromatic rings. The lowest BCUT2D eigenvalue weighted by atomic mass is 9.98. The number of hydrogen-bond acceptors (Lipinski definition) is 3. The molecule has 2 rings (SSSR count). The molecule has 1 aliphatic heterocycles. The van der Waals surface area contributed by atoms with Gasteiger partial charge in [0.15, 0.2) is 0 Å². The Balaban J connectivity index is 1.78. The van der Waals surface area contributed by atoms with Crippen LogP contribution >= 0.6 is 0 Å². The van der Waals surface area contributed by atoms with Crippen molar-refractivity contribution in [3.8, 4) is 5.75 Å². The molecule has 1 atom stereocenters. The molecule has 21 heavy (non-hydrogen) atoms. The highest BCUT2D eigenvalue weighted by Gasteiger charge is 2.18. The van der Waals surface area contributed by atoms with Gasteiger partial charge in [-0.2, -0.15) is 0 Å². The number of nitrogens with zero attached hydrogens (tertiary/aromatic N) is 1. The number of benzene rings is 1. The molecule has 0 bridgehead atoms. The van der Waals surface area contributed by atoms with Gasteiger partial charge in [0.1, 0.15) is 12.4 Å². The molecule has 0 aromatic heterocycles. The summed E-state index contributed by atoms with van der Waals surface area (Å²) in [7, 11) is 0. The molecule has 0 radical (unpaired) electrons. The first kappa shape index (κ1) is 16.3. The number of ether oxygens (including phenoxy) is 1. The zero-order valence-electron chi connectivity index (χ0n) is 13.8. The lowest BCUT2D eigenvalue weighted by Crippen LogP contribution is -2.42. The van der Waals surface area contributed by atoms with Gasteiger partial charge in [-0.25, -0.2) is 0 Å². The van der Waals surface area contributed by atoms with Crippen molar-refractivity contribution in [1.29, 1.82) is 0 Å². The van der Waals surface area contributed by atoms with Gasteiger partial charge in [-0.3, -0.25) is 4.90 Å². The van der Waals surface area contributed by atoms with Crippen LogP contribution in [0.5, 0.6) is 5.75 Å². The number of hydrogen-bond donors (Lipinski definition) is 1.